The lowest BCUT2D eigenvalue weighted by molar-refractivity contribution is -0.120. The van der Waals surface area contributed by atoms with Gasteiger partial charge in [-0.2, -0.15) is 0 Å². The molecule has 0 atom stereocenters. The molecule has 1 aliphatic rings. The summed E-state index contributed by atoms with van der Waals surface area (Å²) in [5, 5.41) is 5.80. The number of nitrogens with one attached hydrogen (secondary N) is 2. The van der Waals surface area contributed by atoms with Crippen molar-refractivity contribution < 1.29 is 19.1 Å². The topological polar surface area (TPSA) is 87.7 Å². The molecule has 0 unspecified atom stereocenters. The van der Waals surface area contributed by atoms with Crippen LogP contribution in [0.5, 0.6) is 5.75 Å². The molecule has 10 heteroatoms. The monoisotopic (exact) mass is 515 g/mol. The van der Waals surface area contributed by atoms with E-state index >= 15 is 0 Å². The van der Waals surface area contributed by atoms with E-state index in [-0.39, 0.29) is 27.3 Å². The molecule has 0 radical (unpaired) electrons. The molecular formula is C24H16Cl3N3O4. The zero-order valence-corrected chi connectivity index (χ0v) is 19.8. The zero-order chi connectivity index (χ0) is 24.4. The van der Waals surface area contributed by atoms with Crippen molar-refractivity contribution in [2.24, 2.45) is 0 Å². The Hall–Kier alpha value is -3.52. The lowest BCUT2D eigenvalue weighted by atomic mass is 10.1. The van der Waals surface area contributed by atoms with Gasteiger partial charge in [-0.25, -0.2) is 4.90 Å². The number of amides is 3. The molecule has 0 fully saturated rings. The summed E-state index contributed by atoms with van der Waals surface area (Å²) in [7, 11) is 1.56. The first-order valence-corrected chi connectivity index (χ1v) is 11.0. The van der Waals surface area contributed by atoms with Crippen molar-refractivity contribution >= 4 is 69.6 Å². The molecular weight excluding hydrogens is 501 g/mol. The van der Waals surface area contributed by atoms with E-state index in [1.165, 1.54) is 24.3 Å². The van der Waals surface area contributed by atoms with Crippen LogP contribution < -0.4 is 20.3 Å². The number of hydrogen-bond acceptors (Lipinski definition) is 5. The molecule has 1 aliphatic heterocycles. The van der Waals surface area contributed by atoms with E-state index in [1.54, 1.807) is 49.6 Å². The Balaban J connectivity index is 1.53. The van der Waals surface area contributed by atoms with Gasteiger partial charge in [-0.3, -0.25) is 14.4 Å². The van der Waals surface area contributed by atoms with Gasteiger partial charge in [0.15, 0.2) is 0 Å². The highest BCUT2D eigenvalue weighted by atomic mass is 35.5. The summed E-state index contributed by atoms with van der Waals surface area (Å²) < 4.78 is 5.11. The van der Waals surface area contributed by atoms with Crippen molar-refractivity contribution in [2.75, 3.05) is 22.6 Å². The molecule has 34 heavy (non-hydrogen) atoms. The van der Waals surface area contributed by atoms with Crippen molar-refractivity contribution in [3.8, 4) is 5.75 Å². The van der Waals surface area contributed by atoms with Gasteiger partial charge in [0.1, 0.15) is 16.5 Å². The van der Waals surface area contributed by atoms with Crippen molar-refractivity contribution in [3.63, 3.8) is 0 Å². The Labute approximate surface area is 209 Å². The van der Waals surface area contributed by atoms with Gasteiger partial charge >= 0.3 is 0 Å². The highest BCUT2D eigenvalue weighted by Crippen LogP contribution is 2.35. The summed E-state index contributed by atoms with van der Waals surface area (Å²) in [5.41, 5.74) is 1.32. The molecule has 0 saturated heterocycles. The molecule has 7 nitrogen and oxygen atoms in total. The number of imide groups is 1. The number of rotatable bonds is 6. The molecule has 0 saturated carbocycles. The predicted molar refractivity (Wildman–Crippen MR) is 133 cm³/mol. The summed E-state index contributed by atoms with van der Waals surface area (Å²) in [6.45, 7) is 0. The molecule has 4 rings (SSSR count). The molecule has 0 aliphatic carbocycles. The Bertz CT molecular complexity index is 1340. The Morgan fingerprint density at radius 2 is 1.62 bits per heavy atom. The number of carbonyl (C=O) groups excluding carboxylic acids is 3. The summed E-state index contributed by atoms with van der Waals surface area (Å²) in [4.78, 5) is 39.2. The van der Waals surface area contributed by atoms with E-state index in [9.17, 15) is 14.4 Å². The average Bonchev–Trinajstić information content (AvgIpc) is 3.03. The van der Waals surface area contributed by atoms with E-state index in [0.29, 0.717) is 27.7 Å². The molecule has 3 aromatic rings. The van der Waals surface area contributed by atoms with Crippen LogP contribution in [0.4, 0.5) is 17.1 Å². The maximum atomic E-state index is 13.0. The second kappa shape index (κ2) is 9.77. The predicted octanol–water partition coefficient (Wildman–Crippen LogP) is 5.69. The van der Waals surface area contributed by atoms with Crippen LogP contribution in [0.25, 0.3) is 0 Å². The van der Waals surface area contributed by atoms with Crippen LogP contribution in [-0.4, -0.2) is 24.8 Å². The Kier molecular flexibility index (Phi) is 6.79. The third-order valence-electron chi connectivity index (χ3n) is 4.92. The van der Waals surface area contributed by atoms with Crippen molar-refractivity contribution in [1.82, 2.24) is 0 Å². The maximum Gasteiger partial charge on any atom is 0.283 e. The van der Waals surface area contributed by atoms with Gasteiger partial charge in [-0.15, -0.1) is 0 Å². The minimum Gasteiger partial charge on any atom is -0.497 e. The smallest absolute Gasteiger partial charge is 0.283 e. The number of halogens is 3. The van der Waals surface area contributed by atoms with Crippen molar-refractivity contribution in [3.05, 3.63) is 93.1 Å². The van der Waals surface area contributed by atoms with Crippen LogP contribution in [0.2, 0.25) is 10.0 Å². The first kappa shape index (κ1) is 23.6. The number of ether oxygens (including phenoxy) is 1. The standard InChI is InChI=1S/C24H16Cl3N3O4/c1-34-17-8-6-15(7-9-17)29-22(31)13-3-2-4-16(11-13)28-21-20(27)23(32)30(24(21)33)19-10-5-14(25)12-18(19)26/h2-12,28H,1H3,(H,29,31). The van der Waals surface area contributed by atoms with Gasteiger partial charge in [0, 0.05) is 22.0 Å². The quantitative estimate of drug-likeness (QED) is 0.411. The minimum atomic E-state index is -0.730. The normalized spacial score (nSPS) is 13.4. The number of nitrogens with zero attached hydrogens (tertiary/aromatic N) is 1. The van der Waals surface area contributed by atoms with Gasteiger partial charge in [0.25, 0.3) is 17.7 Å². The molecule has 0 aromatic heterocycles. The number of benzene rings is 3. The van der Waals surface area contributed by atoms with Crippen molar-refractivity contribution in [1.29, 1.82) is 0 Å². The maximum absolute atomic E-state index is 13.0. The first-order valence-electron chi connectivity index (χ1n) is 9.84. The first-order chi connectivity index (χ1) is 16.3. The molecule has 3 aromatic carbocycles. The molecule has 3 amide bonds. The highest BCUT2D eigenvalue weighted by molar-refractivity contribution is 6.54. The number of carbonyl (C=O) groups is 3. The second-order valence-corrected chi connectivity index (χ2v) is 8.34. The lowest BCUT2D eigenvalue weighted by Crippen LogP contribution is -2.32. The van der Waals surface area contributed by atoms with E-state index in [4.69, 9.17) is 39.5 Å². The molecule has 172 valence electrons. The third-order valence-corrected chi connectivity index (χ3v) is 5.81. The van der Waals surface area contributed by atoms with Crippen LogP contribution in [-0.2, 0) is 9.59 Å². The van der Waals surface area contributed by atoms with E-state index in [0.717, 1.165) is 4.90 Å². The average molecular weight is 517 g/mol. The van der Waals surface area contributed by atoms with E-state index < -0.39 is 11.8 Å². The SMILES string of the molecule is COc1ccc(NC(=O)c2cccc(NC3=C(Cl)C(=O)N(c4ccc(Cl)cc4Cl)C3=O)c2)cc1. The number of hydrogen-bond donors (Lipinski definition) is 2. The summed E-state index contributed by atoms with van der Waals surface area (Å²) in [6, 6.07) is 17.7. The van der Waals surface area contributed by atoms with Crippen LogP contribution in [0.1, 0.15) is 10.4 Å². The van der Waals surface area contributed by atoms with Crippen LogP contribution in [0.15, 0.2) is 77.5 Å². The third kappa shape index (κ3) is 4.72. The van der Waals surface area contributed by atoms with Crippen LogP contribution in [0.3, 0.4) is 0 Å². The van der Waals surface area contributed by atoms with Crippen LogP contribution >= 0.6 is 34.8 Å². The molecule has 2 N–H and O–H groups in total. The number of methoxy groups -OCH3 is 1. The van der Waals surface area contributed by atoms with E-state index in [2.05, 4.69) is 10.6 Å². The fraction of sp³-hybridized carbons (Fsp3) is 0.0417. The fourth-order valence-electron chi connectivity index (χ4n) is 3.25. The second-order valence-electron chi connectivity index (χ2n) is 7.12. The zero-order valence-electron chi connectivity index (χ0n) is 17.6. The van der Waals surface area contributed by atoms with Gasteiger partial charge in [-0.05, 0) is 60.7 Å². The lowest BCUT2D eigenvalue weighted by Gasteiger charge is -2.16. The molecule has 1 heterocycles. The summed E-state index contributed by atoms with van der Waals surface area (Å²) >= 11 is 18.3. The summed E-state index contributed by atoms with van der Waals surface area (Å²) in [5.74, 6) is -1.12. The number of anilines is 3. The Morgan fingerprint density at radius 1 is 0.882 bits per heavy atom. The fourth-order valence-corrected chi connectivity index (χ4v) is 3.96. The van der Waals surface area contributed by atoms with Gasteiger partial charge in [0.05, 0.1) is 17.8 Å². The van der Waals surface area contributed by atoms with E-state index in [1.807, 2.05) is 0 Å². The minimum absolute atomic E-state index is 0.122. The Morgan fingerprint density at radius 3 is 2.29 bits per heavy atom. The van der Waals surface area contributed by atoms with Gasteiger partial charge in [0.2, 0.25) is 0 Å². The van der Waals surface area contributed by atoms with Crippen LogP contribution in [0, 0.1) is 0 Å². The largest absolute Gasteiger partial charge is 0.497 e. The molecule has 0 bridgehead atoms. The molecule has 0 spiro atoms. The van der Waals surface area contributed by atoms with Gasteiger partial charge in [-0.1, -0.05) is 40.9 Å². The van der Waals surface area contributed by atoms with Crippen molar-refractivity contribution in [2.45, 2.75) is 0 Å². The highest BCUT2D eigenvalue weighted by Gasteiger charge is 2.39. The summed E-state index contributed by atoms with van der Waals surface area (Å²) in [6.07, 6.45) is 0. The van der Waals surface area contributed by atoms with Gasteiger partial charge < -0.3 is 15.4 Å².